The Morgan fingerprint density at radius 2 is 2.21 bits per heavy atom. The molecule has 100 valence electrons. The highest BCUT2D eigenvalue weighted by molar-refractivity contribution is 7.91. The third-order valence-electron chi connectivity index (χ3n) is 3.36. The molecule has 5 nitrogen and oxygen atoms in total. The Morgan fingerprint density at radius 3 is 2.89 bits per heavy atom. The second-order valence-electron chi connectivity index (χ2n) is 4.58. The summed E-state index contributed by atoms with van der Waals surface area (Å²) in [5, 5.41) is 6.23. The second kappa shape index (κ2) is 4.31. The van der Waals surface area contributed by atoms with Crippen LogP contribution in [0.4, 0.5) is 0 Å². The molecule has 0 amide bonds. The number of halogens is 1. The maximum absolute atomic E-state index is 12.5. The topological polar surface area (TPSA) is 75.7 Å². The number of nitrogens with zero attached hydrogens (tertiary/aromatic N) is 2. The normalized spacial score (nSPS) is 18.5. The van der Waals surface area contributed by atoms with Gasteiger partial charge in [0.05, 0.1) is 5.25 Å². The molecule has 0 radical (unpaired) electrons. The first kappa shape index (κ1) is 12.6. The van der Waals surface area contributed by atoms with Crippen molar-refractivity contribution in [2.24, 2.45) is 0 Å². The van der Waals surface area contributed by atoms with E-state index in [9.17, 15) is 8.42 Å². The molecular weight excluding hydrogens is 286 g/mol. The average Bonchev–Trinajstić information content (AvgIpc) is 2.96. The SMILES string of the molecule is Cc1nc(S(=O)(=O)C2CCc3c(Cl)cccc32)n[nH]1. The molecule has 1 heterocycles. The Kier molecular flexibility index (Phi) is 2.87. The van der Waals surface area contributed by atoms with Crippen LogP contribution in [0.2, 0.25) is 5.02 Å². The van der Waals surface area contributed by atoms with E-state index in [1.807, 2.05) is 6.07 Å². The van der Waals surface area contributed by atoms with Crippen LogP contribution in [0.25, 0.3) is 0 Å². The van der Waals surface area contributed by atoms with Crippen molar-refractivity contribution < 1.29 is 8.42 Å². The van der Waals surface area contributed by atoms with E-state index in [1.165, 1.54) is 0 Å². The zero-order valence-corrected chi connectivity index (χ0v) is 11.8. The highest BCUT2D eigenvalue weighted by Crippen LogP contribution is 2.41. The van der Waals surface area contributed by atoms with Gasteiger partial charge in [0, 0.05) is 5.02 Å². The zero-order chi connectivity index (χ0) is 13.6. The fourth-order valence-electron chi connectivity index (χ4n) is 2.47. The number of rotatable bonds is 2. The maximum Gasteiger partial charge on any atom is 0.267 e. The molecule has 19 heavy (non-hydrogen) atoms. The van der Waals surface area contributed by atoms with Gasteiger partial charge >= 0.3 is 0 Å². The molecule has 0 aliphatic heterocycles. The standard InChI is InChI=1S/C12H12ClN3O2S/c1-7-14-12(16-15-7)19(17,18)11-6-5-8-9(11)3-2-4-10(8)13/h2-4,11H,5-6H2,1H3,(H,14,15,16). The number of H-pyrrole nitrogens is 1. The predicted octanol–water partition coefficient (Wildman–Crippen LogP) is 2.23. The van der Waals surface area contributed by atoms with E-state index in [0.29, 0.717) is 23.7 Å². The molecule has 0 saturated carbocycles. The van der Waals surface area contributed by atoms with Crippen LogP contribution in [-0.2, 0) is 16.3 Å². The van der Waals surface area contributed by atoms with Gasteiger partial charge in [-0.15, -0.1) is 5.10 Å². The van der Waals surface area contributed by atoms with Crippen molar-refractivity contribution in [3.05, 3.63) is 40.2 Å². The van der Waals surface area contributed by atoms with E-state index in [-0.39, 0.29) is 5.16 Å². The Hall–Kier alpha value is -1.40. The van der Waals surface area contributed by atoms with Crippen molar-refractivity contribution in [2.75, 3.05) is 0 Å². The average molecular weight is 298 g/mol. The van der Waals surface area contributed by atoms with Crippen LogP contribution in [0.15, 0.2) is 23.4 Å². The van der Waals surface area contributed by atoms with Gasteiger partial charge in [-0.2, -0.15) is 0 Å². The summed E-state index contributed by atoms with van der Waals surface area (Å²) in [6, 6.07) is 5.38. The molecule has 1 N–H and O–H groups in total. The van der Waals surface area contributed by atoms with Crippen molar-refractivity contribution in [2.45, 2.75) is 30.2 Å². The Morgan fingerprint density at radius 1 is 1.42 bits per heavy atom. The summed E-state index contributed by atoms with van der Waals surface area (Å²) in [6.45, 7) is 1.67. The van der Waals surface area contributed by atoms with Gasteiger partial charge in [0.25, 0.3) is 5.16 Å². The van der Waals surface area contributed by atoms with E-state index in [2.05, 4.69) is 15.2 Å². The van der Waals surface area contributed by atoms with Crippen LogP contribution >= 0.6 is 11.6 Å². The molecule has 1 atom stereocenters. The molecule has 1 aliphatic carbocycles. The number of sulfone groups is 1. The number of aryl methyl sites for hydroxylation is 1. The van der Waals surface area contributed by atoms with Gasteiger partial charge in [0.1, 0.15) is 5.82 Å². The molecule has 1 aliphatic rings. The molecule has 0 fully saturated rings. The minimum absolute atomic E-state index is 0.136. The summed E-state index contributed by atoms with van der Waals surface area (Å²) in [7, 11) is -3.56. The van der Waals surface area contributed by atoms with Gasteiger partial charge in [-0.1, -0.05) is 23.7 Å². The first-order chi connectivity index (χ1) is 9.00. The minimum atomic E-state index is -3.56. The summed E-state index contributed by atoms with van der Waals surface area (Å²) < 4.78 is 25.1. The predicted molar refractivity (Wildman–Crippen MR) is 70.8 cm³/mol. The van der Waals surface area contributed by atoms with Crippen LogP contribution in [0.3, 0.4) is 0 Å². The zero-order valence-electron chi connectivity index (χ0n) is 10.2. The van der Waals surface area contributed by atoms with E-state index >= 15 is 0 Å². The summed E-state index contributed by atoms with van der Waals surface area (Å²) in [5.41, 5.74) is 1.69. The molecule has 1 aromatic carbocycles. The molecular formula is C12H12ClN3O2S. The second-order valence-corrected chi connectivity index (χ2v) is 7.01. The molecule has 0 spiro atoms. The molecule has 3 rings (SSSR count). The lowest BCUT2D eigenvalue weighted by atomic mass is 10.1. The molecule has 0 bridgehead atoms. The van der Waals surface area contributed by atoms with Gasteiger partial charge in [0.2, 0.25) is 9.84 Å². The van der Waals surface area contributed by atoms with Crippen LogP contribution < -0.4 is 0 Å². The molecule has 1 unspecified atom stereocenters. The van der Waals surface area contributed by atoms with Crippen LogP contribution in [0.5, 0.6) is 0 Å². The minimum Gasteiger partial charge on any atom is -0.262 e. The van der Waals surface area contributed by atoms with Crippen LogP contribution in [-0.4, -0.2) is 23.6 Å². The maximum atomic E-state index is 12.5. The van der Waals surface area contributed by atoms with Gasteiger partial charge in [-0.25, -0.2) is 13.4 Å². The number of benzene rings is 1. The smallest absolute Gasteiger partial charge is 0.262 e. The highest BCUT2D eigenvalue weighted by Gasteiger charge is 2.37. The molecule has 1 aromatic heterocycles. The molecule has 7 heteroatoms. The van der Waals surface area contributed by atoms with Crippen molar-refractivity contribution in [1.29, 1.82) is 0 Å². The van der Waals surface area contributed by atoms with Gasteiger partial charge < -0.3 is 0 Å². The first-order valence-corrected chi connectivity index (χ1v) is 7.83. The van der Waals surface area contributed by atoms with Crippen molar-refractivity contribution in [3.63, 3.8) is 0 Å². The largest absolute Gasteiger partial charge is 0.267 e. The summed E-state index contributed by atoms with van der Waals surface area (Å²) >= 11 is 6.10. The van der Waals surface area contributed by atoms with Crippen LogP contribution in [0.1, 0.15) is 28.6 Å². The summed E-state index contributed by atoms with van der Waals surface area (Å²) in [6.07, 6.45) is 1.19. The van der Waals surface area contributed by atoms with E-state index in [4.69, 9.17) is 11.6 Å². The molecule has 0 saturated heterocycles. The number of hydrogen-bond acceptors (Lipinski definition) is 4. The van der Waals surface area contributed by atoms with E-state index in [0.717, 1.165) is 11.1 Å². The number of fused-ring (bicyclic) bond motifs is 1. The fraction of sp³-hybridized carbons (Fsp3) is 0.333. The Balaban J connectivity index is 2.09. The van der Waals surface area contributed by atoms with Gasteiger partial charge in [-0.3, -0.25) is 5.10 Å². The summed E-state index contributed by atoms with van der Waals surface area (Å²) in [4.78, 5) is 3.93. The first-order valence-electron chi connectivity index (χ1n) is 5.90. The lowest BCUT2D eigenvalue weighted by Gasteiger charge is -2.10. The lowest BCUT2D eigenvalue weighted by Crippen LogP contribution is -2.13. The number of aromatic amines is 1. The fourth-order valence-corrected chi connectivity index (χ4v) is 4.42. The Labute approximate surface area is 115 Å². The van der Waals surface area contributed by atoms with Crippen LogP contribution in [0, 0.1) is 6.92 Å². The number of nitrogens with one attached hydrogen (secondary N) is 1. The number of aromatic nitrogens is 3. The highest BCUT2D eigenvalue weighted by atomic mass is 35.5. The lowest BCUT2D eigenvalue weighted by molar-refractivity contribution is 0.572. The van der Waals surface area contributed by atoms with Gasteiger partial charge in [0.15, 0.2) is 0 Å². The van der Waals surface area contributed by atoms with Crippen molar-refractivity contribution in [3.8, 4) is 0 Å². The third-order valence-corrected chi connectivity index (χ3v) is 5.65. The monoisotopic (exact) mass is 297 g/mol. The quantitative estimate of drug-likeness (QED) is 0.922. The molecule has 2 aromatic rings. The van der Waals surface area contributed by atoms with Crippen molar-refractivity contribution >= 4 is 21.4 Å². The Bertz CT molecular complexity index is 739. The van der Waals surface area contributed by atoms with E-state index in [1.54, 1.807) is 19.1 Å². The van der Waals surface area contributed by atoms with Crippen molar-refractivity contribution in [1.82, 2.24) is 15.2 Å². The number of hydrogen-bond donors (Lipinski definition) is 1. The third kappa shape index (κ3) is 1.95. The summed E-state index contributed by atoms with van der Waals surface area (Å²) in [5.74, 6) is 0.489. The van der Waals surface area contributed by atoms with E-state index < -0.39 is 15.1 Å². The van der Waals surface area contributed by atoms with Gasteiger partial charge in [-0.05, 0) is 37.0 Å².